The van der Waals surface area contributed by atoms with E-state index >= 15 is 0 Å². The zero-order chi connectivity index (χ0) is 12.5. The first-order valence-corrected chi connectivity index (χ1v) is 5.93. The Morgan fingerprint density at radius 1 is 1.29 bits per heavy atom. The van der Waals surface area contributed by atoms with Crippen LogP contribution in [0.4, 0.5) is 4.39 Å². The minimum Gasteiger partial charge on any atom is -0.504 e. The van der Waals surface area contributed by atoms with Gasteiger partial charge in [0.25, 0.3) is 0 Å². The van der Waals surface area contributed by atoms with E-state index < -0.39 is 11.4 Å². The van der Waals surface area contributed by atoms with E-state index in [1.54, 1.807) is 0 Å². The molecule has 1 aromatic carbocycles. The highest BCUT2D eigenvalue weighted by atomic mass is 19.1. The molecule has 3 nitrogen and oxygen atoms in total. The summed E-state index contributed by atoms with van der Waals surface area (Å²) >= 11 is 0. The maximum Gasteiger partial charge on any atom is 0.165 e. The lowest BCUT2D eigenvalue weighted by Crippen LogP contribution is -2.39. The predicted molar refractivity (Wildman–Crippen MR) is 63.6 cm³/mol. The second kappa shape index (κ2) is 4.53. The zero-order valence-corrected chi connectivity index (χ0v) is 10.0. The molecule has 17 heavy (non-hydrogen) atoms. The molecule has 1 aliphatic carbocycles. The van der Waals surface area contributed by atoms with Crippen molar-refractivity contribution in [3.8, 4) is 11.5 Å². The number of hydrogen-bond donors (Lipinski definition) is 2. The Labute approximate surface area is 100 Å². The van der Waals surface area contributed by atoms with Crippen molar-refractivity contribution in [2.24, 2.45) is 5.73 Å². The lowest BCUT2D eigenvalue weighted by atomic mass is 9.77. The van der Waals surface area contributed by atoms with Crippen molar-refractivity contribution in [1.82, 2.24) is 0 Å². The molecule has 1 fully saturated rings. The summed E-state index contributed by atoms with van der Waals surface area (Å²) in [5.41, 5.74) is 5.69. The van der Waals surface area contributed by atoms with Crippen LogP contribution in [0.15, 0.2) is 12.1 Å². The lowest BCUT2D eigenvalue weighted by molar-refractivity contribution is 0.276. The summed E-state index contributed by atoms with van der Waals surface area (Å²) in [7, 11) is 1.45. The molecule has 0 bridgehead atoms. The van der Waals surface area contributed by atoms with Gasteiger partial charge >= 0.3 is 0 Å². The van der Waals surface area contributed by atoms with Crippen molar-refractivity contribution in [2.45, 2.75) is 37.6 Å². The van der Waals surface area contributed by atoms with Crippen molar-refractivity contribution in [1.29, 1.82) is 0 Å². The fourth-order valence-corrected chi connectivity index (χ4v) is 2.62. The van der Waals surface area contributed by atoms with Crippen molar-refractivity contribution in [3.05, 3.63) is 23.5 Å². The van der Waals surface area contributed by atoms with E-state index in [0.29, 0.717) is 12.8 Å². The number of aromatic hydroxyl groups is 1. The number of halogens is 1. The van der Waals surface area contributed by atoms with E-state index in [1.807, 2.05) is 0 Å². The second-order valence-electron chi connectivity index (χ2n) is 4.69. The molecule has 0 unspecified atom stereocenters. The Morgan fingerprint density at radius 3 is 2.53 bits per heavy atom. The minimum absolute atomic E-state index is 0.156. The molecule has 4 heteroatoms. The van der Waals surface area contributed by atoms with E-state index in [4.69, 9.17) is 10.5 Å². The highest BCUT2D eigenvalue weighted by Gasteiger charge is 2.35. The van der Waals surface area contributed by atoms with Crippen molar-refractivity contribution >= 4 is 0 Å². The molecule has 0 aromatic heterocycles. The van der Waals surface area contributed by atoms with Gasteiger partial charge in [-0.05, 0) is 25.0 Å². The number of phenols is 1. The van der Waals surface area contributed by atoms with Crippen molar-refractivity contribution in [3.63, 3.8) is 0 Å². The molecule has 94 valence electrons. The summed E-state index contributed by atoms with van der Waals surface area (Å²) in [6.45, 7) is 0. The number of methoxy groups -OCH3 is 1. The first-order valence-electron chi connectivity index (χ1n) is 5.93. The van der Waals surface area contributed by atoms with Gasteiger partial charge in [-0.3, -0.25) is 0 Å². The summed E-state index contributed by atoms with van der Waals surface area (Å²) in [5, 5.41) is 10.0. The largest absolute Gasteiger partial charge is 0.504 e. The van der Waals surface area contributed by atoms with E-state index in [0.717, 1.165) is 19.3 Å². The SMILES string of the molecule is COc1ccc(F)c(C2(N)CCCCC2)c1O. The number of hydrogen-bond acceptors (Lipinski definition) is 3. The average Bonchev–Trinajstić information content (AvgIpc) is 2.30. The molecule has 0 aliphatic heterocycles. The summed E-state index contributed by atoms with van der Waals surface area (Å²) < 4.78 is 18.9. The topological polar surface area (TPSA) is 55.5 Å². The van der Waals surface area contributed by atoms with Gasteiger partial charge in [-0.1, -0.05) is 19.3 Å². The third kappa shape index (κ3) is 2.09. The molecule has 0 heterocycles. The number of phenolic OH excluding ortho intramolecular Hbond substituents is 1. The molecule has 0 saturated heterocycles. The van der Waals surface area contributed by atoms with E-state index in [1.165, 1.54) is 19.2 Å². The number of rotatable bonds is 2. The summed E-state index contributed by atoms with van der Waals surface area (Å²) in [6.07, 6.45) is 4.44. The Balaban J connectivity index is 2.49. The molecule has 1 aromatic rings. The van der Waals surface area contributed by atoms with E-state index in [2.05, 4.69) is 0 Å². The van der Waals surface area contributed by atoms with Crippen LogP contribution >= 0.6 is 0 Å². The molecule has 0 amide bonds. The van der Waals surface area contributed by atoms with Crippen LogP contribution in [0.1, 0.15) is 37.7 Å². The van der Waals surface area contributed by atoms with Gasteiger partial charge in [-0.25, -0.2) is 4.39 Å². The standard InChI is InChI=1S/C13H18FNO2/c1-17-10-6-5-9(14)11(12(10)16)13(15)7-3-2-4-8-13/h5-6,16H,2-4,7-8,15H2,1H3. The molecule has 3 N–H and O–H groups in total. The fraction of sp³-hybridized carbons (Fsp3) is 0.538. The summed E-state index contributed by atoms with van der Waals surface area (Å²) in [5.74, 6) is -0.332. The van der Waals surface area contributed by atoms with Crippen LogP contribution < -0.4 is 10.5 Å². The van der Waals surface area contributed by atoms with Gasteiger partial charge in [0, 0.05) is 5.54 Å². The molecule has 1 saturated carbocycles. The van der Waals surface area contributed by atoms with Gasteiger partial charge in [0.1, 0.15) is 5.82 Å². The average molecular weight is 239 g/mol. The Hall–Kier alpha value is -1.29. The first kappa shape index (κ1) is 12.2. The van der Waals surface area contributed by atoms with Crippen LogP contribution in [-0.4, -0.2) is 12.2 Å². The predicted octanol–water partition coefficient (Wildman–Crippen LogP) is 2.66. The van der Waals surface area contributed by atoms with Gasteiger partial charge in [-0.15, -0.1) is 0 Å². The Bertz CT molecular complexity index is 414. The normalized spacial score (nSPS) is 19.0. The van der Waals surface area contributed by atoms with Gasteiger partial charge in [0.15, 0.2) is 11.5 Å². The molecule has 2 rings (SSSR count). The molecule has 0 atom stereocenters. The van der Waals surface area contributed by atoms with Gasteiger partial charge in [0.05, 0.1) is 12.7 Å². The van der Waals surface area contributed by atoms with Crippen LogP contribution in [0.5, 0.6) is 11.5 Å². The van der Waals surface area contributed by atoms with Crippen LogP contribution in [0.25, 0.3) is 0 Å². The Kier molecular flexibility index (Phi) is 3.24. The van der Waals surface area contributed by atoms with Gasteiger partial charge < -0.3 is 15.6 Å². The fourth-order valence-electron chi connectivity index (χ4n) is 2.62. The molecule has 0 radical (unpaired) electrons. The van der Waals surface area contributed by atoms with Crippen molar-refractivity contribution < 1.29 is 14.2 Å². The first-order chi connectivity index (χ1) is 8.08. The Morgan fingerprint density at radius 2 is 1.94 bits per heavy atom. The van der Waals surface area contributed by atoms with Crippen LogP contribution in [0.3, 0.4) is 0 Å². The van der Waals surface area contributed by atoms with E-state index in [9.17, 15) is 9.50 Å². The van der Waals surface area contributed by atoms with Crippen LogP contribution in [0.2, 0.25) is 0 Å². The number of benzene rings is 1. The highest BCUT2D eigenvalue weighted by molar-refractivity contribution is 5.49. The lowest BCUT2D eigenvalue weighted by Gasteiger charge is -2.34. The van der Waals surface area contributed by atoms with Crippen molar-refractivity contribution in [2.75, 3.05) is 7.11 Å². The maximum atomic E-state index is 13.9. The third-order valence-electron chi connectivity index (χ3n) is 3.55. The summed E-state index contributed by atoms with van der Waals surface area (Å²) in [4.78, 5) is 0. The molecular weight excluding hydrogens is 221 g/mol. The van der Waals surface area contributed by atoms with Crippen LogP contribution in [0, 0.1) is 5.82 Å². The highest BCUT2D eigenvalue weighted by Crippen LogP contribution is 2.43. The quantitative estimate of drug-likeness (QED) is 0.834. The third-order valence-corrected chi connectivity index (χ3v) is 3.55. The minimum atomic E-state index is -0.763. The van der Waals surface area contributed by atoms with Gasteiger partial charge in [0.2, 0.25) is 0 Å². The van der Waals surface area contributed by atoms with Crippen LogP contribution in [-0.2, 0) is 5.54 Å². The number of nitrogens with two attached hydrogens (primary N) is 1. The van der Waals surface area contributed by atoms with E-state index in [-0.39, 0.29) is 17.1 Å². The van der Waals surface area contributed by atoms with Gasteiger partial charge in [-0.2, -0.15) is 0 Å². The number of ether oxygens (including phenoxy) is 1. The molecular formula is C13H18FNO2. The second-order valence-corrected chi connectivity index (χ2v) is 4.69. The monoisotopic (exact) mass is 239 g/mol. The molecule has 0 spiro atoms. The summed E-state index contributed by atoms with van der Waals surface area (Å²) in [6, 6.07) is 2.72. The zero-order valence-electron chi connectivity index (χ0n) is 10.0. The smallest absolute Gasteiger partial charge is 0.165 e. The molecule has 1 aliphatic rings. The maximum absolute atomic E-state index is 13.9.